The molecule has 0 amide bonds. The van der Waals surface area contributed by atoms with Crippen molar-refractivity contribution in [3.8, 4) is 5.92 Å². The second kappa shape index (κ2) is 14.5. The molecule has 4 heterocycles. The van der Waals surface area contributed by atoms with E-state index in [1.54, 1.807) is 0 Å². The largest absolute Gasteiger partial charge is 0.257 e. The van der Waals surface area contributed by atoms with Crippen LogP contribution in [-0.2, 0) is 42.9 Å². The summed E-state index contributed by atoms with van der Waals surface area (Å²) in [6.07, 6.45) is 9.04. The van der Waals surface area contributed by atoms with Gasteiger partial charge in [0.1, 0.15) is 0 Å². The van der Waals surface area contributed by atoms with Crippen LogP contribution in [0.4, 0.5) is 3.32 Å². The molecule has 0 N–H and O–H groups in total. The third-order valence-corrected chi connectivity index (χ3v) is 4.60. The summed E-state index contributed by atoms with van der Waals surface area (Å²) in [6, 6.07) is 27.9. The Balaban J connectivity index is 0.000000270. The van der Waals surface area contributed by atoms with Gasteiger partial charge in [-0.15, -0.1) is 17.7 Å². The molecule has 6 bridgehead atoms. The van der Waals surface area contributed by atoms with Gasteiger partial charge < -0.3 is 11.2 Å². The van der Waals surface area contributed by atoms with Crippen molar-refractivity contribution in [3.63, 3.8) is 0 Å². The van der Waals surface area contributed by atoms with E-state index in [1.165, 1.54) is 0 Å². The van der Waals surface area contributed by atoms with Crippen LogP contribution in [0.3, 0.4) is 0 Å². The Kier molecular flexibility index (Phi) is 11.3. The van der Waals surface area contributed by atoms with Gasteiger partial charge in [0.25, 0.3) is 0 Å². The number of hydrogen-bond donors (Lipinski definition) is 0. The standard InChI is InChI=1S/C18H15N3.C8H5.CHO.FH.Ru/c1-4-13-10-15-6-2-8-17(20-15)12-18-9-3-7-16(21-18)11-14(5-1)19-13;1-2-8-6-4-3-5-7-8;1-2;;/h1-9H,10-12H2;3-7H;1H;1H;/q;2*-1;;+3/p-1. The number of halogens is 1. The zero-order valence-electron chi connectivity index (χ0n) is 17.8. The fourth-order valence-corrected chi connectivity index (χ4v) is 3.26. The van der Waals surface area contributed by atoms with Crippen LogP contribution in [0, 0.1) is 12.3 Å². The first kappa shape index (κ1) is 25.7. The van der Waals surface area contributed by atoms with E-state index in [-0.39, 0.29) is 0 Å². The Morgan fingerprint density at radius 3 is 1.15 bits per heavy atom. The zero-order valence-corrected chi connectivity index (χ0v) is 19.5. The van der Waals surface area contributed by atoms with Gasteiger partial charge in [0.05, 0.1) is 0 Å². The van der Waals surface area contributed by atoms with Crippen LogP contribution in [-0.4, -0.2) is 21.7 Å². The normalized spacial score (nSPS) is 10.5. The van der Waals surface area contributed by atoms with E-state index < -0.39 is 0 Å². The molecule has 0 unspecified atom stereocenters. The minimum Gasteiger partial charge on any atom is -0.257 e. The average Bonchev–Trinajstić information content (AvgIpc) is 2.88. The molecule has 0 saturated heterocycles. The van der Waals surface area contributed by atoms with E-state index in [4.69, 9.17) is 26.2 Å². The quantitative estimate of drug-likeness (QED) is 0.128. The summed E-state index contributed by atoms with van der Waals surface area (Å²) in [5, 5.41) is 0. The Hall–Kier alpha value is -3.55. The Labute approximate surface area is 204 Å². The van der Waals surface area contributed by atoms with Crippen molar-refractivity contribution in [1.82, 2.24) is 15.0 Å². The topological polar surface area (TPSA) is 55.7 Å². The number of fused-ring (bicyclic) bond motifs is 6. The number of hydrogen-bond acceptors (Lipinski definition) is 4. The van der Waals surface area contributed by atoms with Crippen LogP contribution in [0.1, 0.15) is 39.7 Å². The average molecular weight is 524 g/mol. The van der Waals surface area contributed by atoms with Gasteiger partial charge >= 0.3 is 22.1 Å². The number of nitrogens with zero attached hydrogens (tertiary/aromatic N) is 3. The summed E-state index contributed by atoms with van der Waals surface area (Å²) in [7, 11) is 0. The first-order valence-electron chi connectivity index (χ1n) is 9.98. The molecule has 3 aromatic heterocycles. The first-order chi connectivity index (χ1) is 16.3. The SMILES string of the molecule is [C-]#Cc1ccccc1.[CH-]=O.[F][Ru+2].c1cc2nc(c1)Cc1cccc(n1)Cc1cccc(n1)C2. The number of aromatic nitrogens is 3. The van der Waals surface area contributed by atoms with Crippen molar-refractivity contribution in [2.75, 3.05) is 0 Å². The van der Waals surface area contributed by atoms with E-state index in [1.807, 2.05) is 30.3 Å². The second-order valence-electron chi connectivity index (χ2n) is 6.88. The molecule has 0 saturated carbocycles. The van der Waals surface area contributed by atoms with Gasteiger partial charge in [0.15, 0.2) is 0 Å². The Bertz CT molecular complexity index is 1020. The smallest absolute Gasteiger partial charge is 0.0466 e. The number of rotatable bonds is 0. The molecule has 1 aliphatic heterocycles. The van der Waals surface area contributed by atoms with E-state index in [9.17, 15) is 3.32 Å². The monoisotopic (exact) mass is 524 g/mol. The van der Waals surface area contributed by atoms with Crippen molar-refractivity contribution in [2.45, 2.75) is 19.3 Å². The van der Waals surface area contributed by atoms with E-state index in [2.05, 4.69) is 67.3 Å². The summed E-state index contributed by atoms with van der Waals surface area (Å²) >= 11 is 0.850. The molecule has 0 atom stereocenters. The predicted octanol–water partition coefficient (Wildman–Crippen LogP) is 4.73. The Morgan fingerprint density at radius 2 is 0.909 bits per heavy atom. The van der Waals surface area contributed by atoms with Crippen LogP contribution in [0.2, 0.25) is 0 Å². The predicted molar refractivity (Wildman–Crippen MR) is 122 cm³/mol. The van der Waals surface area contributed by atoms with Crippen molar-refractivity contribution in [3.05, 3.63) is 131 Å². The van der Waals surface area contributed by atoms with Crippen molar-refractivity contribution in [1.29, 1.82) is 0 Å². The van der Waals surface area contributed by atoms with E-state index in [0.29, 0.717) is 0 Å². The van der Waals surface area contributed by atoms with Crippen LogP contribution in [0.25, 0.3) is 0 Å². The molecule has 5 rings (SSSR count). The molecule has 6 heteroatoms. The summed E-state index contributed by atoms with van der Waals surface area (Å²) in [5.41, 5.74) is 7.21. The molecule has 0 spiro atoms. The minimum absolute atomic E-state index is 0.781. The molecule has 33 heavy (non-hydrogen) atoms. The van der Waals surface area contributed by atoms with Crippen LogP contribution < -0.4 is 0 Å². The molecule has 0 fully saturated rings. The summed E-state index contributed by atoms with van der Waals surface area (Å²) in [4.78, 5) is 21.9. The molecule has 0 aliphatic carbocycles. The van der Waals surface area contributed by atoms with Gasteiger partial charge in [-0.2, -0.15) is 0 Å². The van der Waals surface area contributed by atoms with Crippen LogP contribution >= 0.6 is 0 Å². The van der Waals surface area contributed by atoms with Gasteiger partial charge in [-0.05, 0) is 36.4 Å². The molecule has 0 radical (unpaired) electrons. The van der Waals surface area contributed by atoms with Gasteiger partial charge in [-0.1, -0.05) is 36.4 Å². The third-order valence-electron chi connectivity index (χ3n) is 4.60. The van der Waals surface area contributed by atoms with Crippen LogP contribution in [0.5, 0.6) is 0 Å². The maximum Gasteiger partial charge on any atom is 0.0466 e. The fourth-order valence-electron chi connectivity index (χ4n) is 3.26. The number of carbonyl (C=O) groups excluding carboxylic acids is 1. The molecule has 4 aromatic rings. The van der Waals surface area contributed by atoms with Crippen molar-refractivity contribution >= 4 is 6.79 Å². The maximum absolute atomic E-state index is 9.43. The minimum atomic E-state index is 0.781. The van der Waals surface area contributed by atoms with Crippen molar-refractivity contribution in [2.24, 2.45) is 0 Å². The Morgan fingerprint density at radius 1 is 0.606 bits per heavy atom. The van der Waals surface area contributed by atoms with Gasteiger partial charge in [0.2, 0.25) is 0 Å². The molecular formula is C27H21FN3ORu. The fraction of sp³-hybridized carbons (Fsp3) is 0.111. The zero-order chi connectivity index (χ0) is 23.9. The molecule has 165 valence electrons. The van der Waals surface area contributed by atoms with Gasteiger partial charge in [-0.3, -0.25) is 27.7 Å². The second-order valence-corrected chi connectivity index (χ2v) is 6.88. The van der Waals surface area contributed by atoms with Gasteiger partial charge in [0, 0.05) is 53.4 Å². The van der Waals surface area contributed by atoms with E-state index in [0.717, 1.165) is 77.8 Å². The summed E-state index contributed by atoms with van der Waals surface area (Å²) < 4.78 is 9.43. The molecule has 4 nitrogen and oxygen atoms in total. The van der Waals surface area contributed by atoms with Gasteiger partial charge in [-0.25, -0.2) is 0 Å². The molecular weight excluding hydrogens is 502 g/mol. The first-order valence-corrected chi connectivity index (χ1v) is 10.6. The van der Waals surface area contributed by atoms with Crippen LogP contribution in [0.15, 0.2) is 84.9 Å². The van der Waals surface area contributed by atoms with Crippen molar-refractivity contribution < 1.29 is 26.9 Å². The third kappa shape index (κ3) is 8.48. The molecule has 1 aliphatic rings. The molecule has 1 aromatic carbocycles. The summed E-state index contributed by atoms with van der Waals surface area (Å²) in [6.45, 7) is 3.25. The summed E-state index contributed by atoms with van der Waals surface area (Å²) in [5.74, 6) is 2.28. The van der Waals surface area contributed by atoms with E-state index >= 15 is 0 Å². The maximum atomic E-state index is 9.43. The number of benzene rings is 1. The number of pyridine rings is 3.